The van der Waals surface area contributed by atoms with Gasteiger partial charge >= 0.3 is 0 Å². The topological polar surface area (TPSA) is 81.2 Å². The highest BCUT2D eigenvalue weighted by molar-refractivity contribution is 7.71. The van der Waals surface area contributed by atoms with Crippen molar-refractivity contribution in [1.82, 2.24) is 14.8 Å². The Balaban J connectivity index is 1.45. The van der Waals surface area contributed by atoms with Gasteiger partial charge in [-0.2, -0.15) is 5.10 Å². The molecule has 1 amide bonds. The number of hydrogen-bond donors (Lipinski definition) is 2. The first-order valence-electron chi connectivity index (χ1n) is 9.98. The summed E-state index contributed by atoms with van der Waals surface area (Å²) in [4.78, 5) is 12.7. The van der Waals surface area contributed by atoms with Crippen molar-refractivity contribution in [3.05, 3.63) is 53.3 Å². The zero-order valence-corrected chi connectivity index (χ0v) is 17.6. The summed E-state index contributed by atoms with van der Waals surface area (Å²) in [6.07, 6.45) is 4.87. The van der Waals surface area contributed by atoms with E-state index in [1.807, 2.05) is 48.5 Å². The predicted octanol–water partition coefficient (Wildman–Crippen LogP) is 4.58. The zero-order chi connectivity index (χ0) is 20.9. The summed E-state index contributed by atoms with van der Waals surface area (Å²) in [5, 5.41) is 9.97. The number of amides is 1. The molecule has 0 radical (unpaired) electrons. The molecule has 0 spiro atoms. The van der Waals surface area contributed by atoms with Gasteiger partial charge in [-0.1, -0.05) is 6.07 Å². The summed E-state index contributed by atoms with van der Waals surface area (Å²) >= 11 is 5.33. The van der Waals surface area contributed by atoms with E-state index < -0.39 is 0 Å². The Morgan fingerprint density at radius 3 is 2.70 bits per heavy atom. The van der Waals surface area contributed by atoms with Crippen molar-refractivity contribution in [3.8, 4) is 22.9 Å². The van der Waals surface area contributed by atoms with Gasteiger partial charge in [-0.3, -0.25) is 14.5 Å². The van der Waals surface area contributed by atoms with Crippen molar-refractivity contribution < 1.29 is 14.3 Å². The quantitative estimate of drug-likeness (QED) is 0.543. The maximum atomic E-state index is 12.7. The number of hydrogen-bond acceptors (Lipinski definition) is 5. The standard InChI is InChI=1S/C22H24N4O3S/c1-28-17-11-9-15(10-12-17)21-24-25-22(30)26(21)14-20(27)23-16-5-4-8-19(13-16)29-18-6-2-3-7-18/h4-5,8-13,18H,2-3,6-7,14H2,1H3,(H,23,27)(H,25,30). The SMILES string of the molecule is COc1ccc(-c2n[nH]c(=S)n2CC(=O)Nc2cccc(OC3CCCC3)c2)cc1. The highest BCUT2D eigenvalue weighted by Crippen LogP contribution is 2.26. The maximum Gasteiger partial charge on any atom is 0.244 e. The number of H-pyrrole nitrogens is 1. The summed E-state index contributed by atoms with van der Waals surface area (Å²) in [5.74, 6) is 1.92. The molecule has 30 heavy (non-hydrogen) atoms. The molecule has 0 unspecified atom stereocenters. The summed E-state index contributed by atoms with van der Waals surface area (Å²) in [6.45, 7) is 0.0460. The number of nitrogens with zero attached hydrogens (tertiary/aromatic N) is 2. The third kappa shape index (κ3) is 4.71. The summed E-state index contributed by atoms with van der Waals surface area (Å²) < 4.78 is 13.3. The van der Waals surface area contributed by atoms with Crippen molar-refractivity contribution in [2.24, 2.45) is 0 Å². The van der Waals surface area contributed by atoms with Crippen LogP contribution in [0, 0.1) is 4.77 Å². The molecule has 1 fully saturated rings. The number of ether oxygens (including phenoxy) is 2. The lowest BCUT2D eigenvalue weighted by Gasteiger charge is -2.14. The van der Waals surface area contributed by atoms with E-state index in [9.17, 15) is 4.79 Å². The van der Waals surface area contributed by atoms with Gasteiger partial charge < -0.3 is 14.8 Å². The van der Waals surface area contributed by atoms with Gasteiger partial charge in [-0.05, 0) is 74.3 Å². The second-order valence-corrected chi connectivity index (χ2v) is 7.65. The lowest BCUT2D eigenvalue weighted by atomic mass is 10.2. The van der Waals surface area contributed by atoms with Crippen LogP contribution in [-0.2, 0) is 11.3 Å². The molecular weight excluding hydrogens is 400 g/mol. The van der Waals surface area contributed by atoms with Gasteiger partial charge in [0.05, 0.1) is 13.2 Å². The summed E-state index contributed by atoms with van der Waals surface area (Å²) in [6, 6.07) is 14.9. The largest absolute Gasteiger partial charge is 0.497 e. The van der Waals surface area contributed by atoms with Crippen LogP contribution in [0.2, 0.25) is 0 Å². The Bertz CT molecular complexity index is 1070. The van der Waals surface area contributed by atoms with Crippen LogP contribution in [0.15, 0.2) is 48.5 Å². The fraction of sp³-hybridized carbons (Fsp3) is 0.318. The maximum absolute atomic E-state index is 12.7. The van der Waals surface area contributed by atoms with E-state index in [2.05, 4.69) is 15.5 Å². The van der Waals surface area contributed by atoms with Crippen LogP contribution < -0.4 is 14.8 Å². The number of benzene rings is 2. The fourth-order valence-electron chi connectivity index (χ4n) is 3.61. The number of anilines is 1. The second-order valence-electron chi connectivity index (χ2n) is 7.27. The first-order chi connectivity index (χ1) is 14.6. The van der Waals surface area contributed by atoms with Crippen LogP contribution in [-0.4, -0.2) is 33.9 Å². The molecular formula is C22H24N4O3S. The highest BCUT2D eigenvalue weighted by atomic mass is 32.1. The van der Waals surface area contributed by atoms with E-state index >= 15 is 0 Å². The van der Waals surface area contributed by atoms with Crippen LogP contribution in [0.1, 0.15) is 25.7 Å². The lowest BCUT2D eigenvalue weighted by molar-refractivity contribution is -0.116. The van der Waals surface area contributed by atoms with Crippen molar-refractivity contribution >= 4 is 23.8 Å². The molecule has 8 heteroatoms. The van der Waals surface area contributed by atoms with Gasteiger partial charge in [0.15, 0.2) is 10.6 Å². The van der Waals surface area contributed by atoms with Crippen LogP contribution in [0.3, 0.4) is 0 Å². The molecule has 0 saturated heterocycles. The first kappa shape index (κ1) is 20.2. The van der Waals surface area contributed by atoms with Crippen molar-refractivity contribution in [2.75, 3.05) is 12.4 Å². The molecule has 7 nitrogen and oxygen atoms in total. The van der Waals surface area contributed by atoms with E-state index in [1.165, 1.54) is 12.8 Å². The van der Waals surface area contributed by atoms with Crippen LogP contribution in [0.5, 0.6) is 11.5 Å². The number of aromatic amines is 1. The van der Waals surface area contributed by atoms with E-state index in [1.54, 1.807) is 11.7 Å². The predicted molar refractivity (Wildman–Crippen MR) is 117 cm³/mol. The molecule has 0 aliphatic heterocycles. The monoisotopic (exact) mass is 424 g/mol. The Morgan fingerprint density at radius 2 is 1.97 bits per heavy atom. The molecule has 1 aliphatic carbocycles. The average molecular weight is 425 g/mol. The number of carbonyl (C=O) groups is 1. The number of rotatable bonds is 7. The average Bonchev–Trinajstić information content (AvgIpc) is 3.39. The Morgan fingerprint density at radius 1 is 1.20 bits per heavy atom. The summed E-state index contributed by atoms with van der Waals surface area (Å²) in [7, 11) is 1.61. The normalized spacial score (nSPS) is 13.9. The van der Waals surface area contributed by atoms with E-state index in [4.69, 9.17) is 21.7 Å². The number of carbonyl (C=O) groups excluding carboxylic acids is 1. The minimum Gasteiger partial charge on any atom is -0.497 e. The fourth-order valence-corrected chi connectivity index (χ4v) is 3.81. The van der Waals surface area contributed by atoms with E-state index in [-0.39, 0.29) is 18.6 Å². The molecule has 2 aromatic carbocycles. The van der Waals surface area contributed by atoms with Gasteiger partial charge in [0.25, 0.3) is 0 Å². The van der Waals surface area contributed by atoms with Crippen LogP contribution in [0.4, 0.5) is 5.69 Å². The van der Waals surface area contributed by atoms with Gasteiger partial charge in [-0.15, -0.1) is 0 Å². The molecule has 1 heterocycles. The lowest BCUT2D eigenvalue weighted by Crippen LogP contribution is -2.19. The highest BCUT2D eigenvalue weighted by Gasteiger charge is 2.17. The third-order valence-corrected chi connectivity index (χ3v) is 5.44. The minimum atomic E-state index is -0.194. The van der Waals surface area contributed by atoms with E-state index in [0.717, 1.165) is 29.9 Å². The molecule has 2 N–H and O–H groups in total. The minimum absolute atomic E-state index is 0.0460. The smallest absolute Gasteiger partial charge is 0.244 e. The van der Waals surface area contributed by atoms with Gasteiger partial charge in [0, 0.05) is 17.3 Å². The third-order valence-electron chi connectivity index (χ3n) is 5.13. The number of nitrogens with one attached hydrogen (secondary N) is 2. The molecule has 1 aliphatic rings. The van der Waals surface area contributed by atoms with Gasteiger partial charge in [0.2, 0.25) is 5.91 Å². The molecule has 3 aromatic rings. The molecule has 1 aromatic heterocycles. The zero-order valence-electron chi connectivity index (χ0n) is 16.8. The van der Waals surface area contributed by atoms with Gasteiger partial charge in [0.1, 0.15) is 18.0 Å². The van der Waals surface area contributed by atoms with Crippen LogP contribution >= 0.6 is 12.2 Å². The molecule has 4 rings (SSSR count). The molecule has 1 saturated carbocycles. The molecule has 156 valence electrons. The Kier molecular flexibility index (Phi) is 6.13. The number of aromatic nitrogens is 3. The number of methoxy groups -OCH3 is 1. The molecule has 0 atom stereocenters. The van der Waals surface area contributed by atoms with Crippen molar-refractivity contribution in [3.63, 3.8) is 0 Å². The van der Waals surface area contributed by atoms with Gasteiger partial charge in [-0.25, -0.2) is 0 Å². The summed E-state index contributed by atoms with van der Waals surface area (Å²) in [5.41, 5.74) is 1.53. The second kappa shape index (κ2) is 9.13. The van der Waals surface area contributed by atoms with Crippen molar-refractivity contribution in [2.45, 2.75) is 38.3 Å². The van der Waals surface area contributed by atoms with E-state index in [0.29, 0.717) is 16.3 Å². The van der Waals surface area contributed by atoms with Crippen molar-refractivity contribution in [1.29, 1.82) is 0 Å². The Labute approximate surface area is 180 Å². The Hall–Kier alpha value is -3.13. The molecule has 0 bridgehead atoms. The first-order valence-corrected chi connectivity index (χ1v) is 10.4. The van der Waals surface area contributed by atoms with Crippen LogP contribution in [0.25, 0.3) is 11.4 Å².